The molecule has 0 radical (unpaired) electrons. The number of aromatic nitrogens is 1. The first-order chi connectivity index (χ1) is 11.7. The zero-order chi connectivity index (χ0) is 16.5. The minimum absolute atomic E-state index is 0.175. The molecule has 2 aromatic carbocycles. The van der Waals surface area contributed by atoms with Gasteiger partial charge < -0.3 is 15.0 Å². The van der Waals surface area contributed by atoms with E-state index in [9.17, 15) is 4.39 Å². The van der Waals surface area contributed by atoms with Gasteiger partial charge in [0.25, 0.3) is 0 Å². The van der Waals surface area contributed by atoms with Gasteiger partial charge in [0, 0.05) is 29.1 Å². The van der Waals surface area contributed by atoms with Crippen LogP contribution >= 0.6 is 0 Å². The van der Waals surface area contributed by atoms with E-state index >= 15 is 0 Å². The van der Waals surface area contributed by atoms with Gasteiger partial charge in [-0.05, 0) is 60.8 Å². The lowest BCUT2D eigenvalue weighted by molar-refractivity contribution is 0.414. The summed E-state index contributed by atoms with van der Waals surface area (Å²) >= 11 is 0. The normalized spacial score (nSPS) is 19.6. The van der Waals surface area contributed by atoms with Crippen LogP contribution in [0.15, 0.2) is 48.7 Å². The first kappa shape index (κ1) is 15.2. The summed E-state index contributed by atoms with van der Waals surface area (Å²) in [6, 6.07) is 13.6. The highest BCUT2D eigenvalue weighted by Gasteiger charge is 2.39. The molecule has 3 aromatic rings. The average Bonchev–Trinajstić information content (AvgIpc) is 3.24. The topological polar surface area (TPSA) is 37.0 Å². The van der Waals surface area contributed by atoms with Crippen molar-refractivity contribution < 1.29 is 9.13 Å². The maximum absolute atomic E-state index is 13.5. The van der Waals surface area contributed by atoms with Gasteiger partial charge in [-0.2, -0.15) is 0 Å². The van der Waals surface area contributed by atoms with Crippen molar-refractivity contribution in [3.63, 3.8) is 0 Å². The highest BCUT2D eigenvalue weighted by Crippen LogP contribution is 2.43. The predicted molar refractivity (Wildman–Crippen MR) is 94.1 cm³/mol. The summed E-state index contributed by atoms with van der Waals surface area (Å²) in [7, 11) is 1.69. The molecule has 2 atom stereocenters. The van der Waals surface area contributed by atoms with Crippen molar-refractivity contribution in [3.8, 4) is 5.75 Å². The molecule has 1 aliphatic carbocycles. The number of aromatic amines is 1. The van der Waals surface area contributed by atoms with Gasteiger partial charge in [-0.15, -0.1) is 0 Å². The molecule has 2 unspecified atom stereocenters. The lowest BCUT2D eigenvalue weighted by Gasteiger charge is -2.06. The molecule has 2 N–H and O–H groups in total. The van der Waals surface area contributed by atoms with Crippen molar-refractivity contribution in [2.24, 2.45) is 0 Å². The first-order valence-electron chi connectivity index (χ1n) is 8.37. The van der Waals surface area contributed by atoms with Crippen LogP contribution in [0.3, 0.4) is 0 Å². The van der Waals surface area contributed by atoms with Gasteiger partial charge >= 0.3 is 0 Å². The Balaban J connectivity index is 1.35. The van der Waals surface area contributed by atoms with E-state index in [4.69, 9.17) is 4.74 Å². The molecular formula is C20H21FN2O. The summed E-state index contributed by atoms with van der Waals surface area (Å²) in [5.74, 6) is 1.20. The molecule has 1 aromatic heterocycles. The molecule has 1 heterocycles. The Morgan fingerprint density at radius 1 is 1.25 bits per heavy atom. The number of halogens is 1. The van der Waals surface area contributed by atoms with Gasteiger partial charge in [-0.3, -0.25) is 0 Å². The number of methoxy groups -OCH3 is 1. The monoisotopic (exact) mass is 324 g/mol. The maximum Gasteiger partial charge on any atom is 0.123 e. The van der Waals surface area contributed by atoms with E-state index in [1.807, 2.05) is 24.4 Å². The second-order valence-corrected chi connectivity index (χ2v) is 6.44. The van der Waals surface area contributed by atoms with E-state index in [1.165, 1.54) is 17.2 Å². The van der Waals surface area contributed by atoms with Gasteiger partial charge in [0.1, 0.15) is 11.6 Å². The molecule has 3 nitrogen and oxygen atoms in total. The third-order valence-corrected chi connectivity index (χ3v) is 4.82. The molecule has 0 saturated heterocycles. The van der Waals surface area contributed by atoms with E-state index in [1.54, 1.807) is 13.2 Å². The molecular weight excluding hydrogens is 303 g/mol. The fourth-order valence-corrected chi connectivity index (χ4v) is 3.42. The van der Waals surface area contributed by atoms with E-state index in [2.05, 4.69) is 22.4 Å². The van der Waals surface area contributed by atoms with Crippen molar-refractivity contribution in [2.45, 2.75) is 24.8 Å². The number of H-pyrrole nitrogens is 1. The van der Waals surface area contributed by atoms with Gasteiger partial charge in [0.05, 0.1) is 7.11 Å². The quantitative estimate of drug-likeness (QED) is 0.719. The summed E-state index contributed by atoms with van der Waals surface area (Å²) in [4.78, 5) is 3.24. The predicted octanol–water partition coefficient (Wildman–Crippen LogP) is 4.00. The number of benzene rings is 2. The van der Waals surface area contributed by atoms with Gasteiger partial charge in [0.2, 0.25) is 0 Å². The number of rotatable bonds is 6. The molecule has 124 valence electrons. The third kappa shape index (κ3) is 3.02. The summed E-state index contributed by atoms with van der Waals surface area (Å²) in [5.41, 5.74) is 3.50. The van der Waals surface area contributed by atoms with Gasteiger partial charge in [0.15, 0.2) is 0 Å². The van der Waals surface area contributed by atoms with Gasteiger partial charge in [-0.25, -0.2) is 4.39 Å². The highest BCUT2D eigenvalue weighted by molar-refractivity contribution is 5.84. The zero-order valence-corrected chi connectivity index (χ0v) is 13.7. The van der Waals surface area contributed by atoms with Crippen LogP contribution in [0.4, 0.5) is 4.39 Å². The number of ether oxygens (including phenoxy) is 1. The lowest BCUT2D eigenvalue weighted by Crippen LogP contribution is -2.20. The molecule has 1 fully saturated rings. The molecule has 4 rings (SSSR count). The Labute approximate surface area is 140 Å². The number of hydrogen-bond acceptors (Lipinski definition) is 2. The van der Waals surface area contributed by atoms with Crippen LogP contribution in [-0.4, -0.2) is 24.7 Å². The van der Waals surface area contributed by atoms with Crippen LogP contribution in [0, 0.1) is 5.82 Å². The van der Waals surface area contributed by atoms with E-state index < -0.39 is 0 Å². The van der Waals surface area contributed by atoms with E-state index in [0.717, 1.165) is 36.0 Å². The highest BCUT2D eigenvalue weighted by atomic mass is 19.1. The first-order valence-corrected chi connectivity index (χ1v) is 8.37. The minimum atomic E-state index is -0.175. The van der Waals surface area contributed by atoms with Crippen molar-refractivity contribution in [3.05, 3.63) is 65.6 Å². The molecule has 4 heteroatoms. The van der Waals surface area contributed by atoms with E-state index in [0.29, 0.717) is 12.0 Å². The van der Waals surface area contributed by atoms with Crippen LogP contribution < -0.4 is 10.1 Å². The van der Waals surface area contributed by atoms with Crippen LogP contribution in [0.1, 0.15) is 23.5 Å². The maximum atomic E-state index is 13.5. The smallest absolute Gasteiger partial charge is 0.123 e. The second kappa shape index (κ2) is 6.29. The minimum Gasteiger partial charge on any atom is -0.497 e. The molecule has 0 aliphatic heterocycles. The molecule has 24 heavy (non-hydrogen) atoms. The average molecular weight is 324 g/mol. The van der Waals surface area contributed by atoms with Crippen molar-refractivity contribution in [1.82, 2.24) is 10.3 Å². The molecule has 0 spiro atoms. The van der Waals surface area contributed by atoms with Crippen molar-refractivity contribution in [2.75, 3.05) is 13.7 Å². The fraction of sp³-hybridized carbons (Fsp3) is 0.300. The summed E-state index contributed by atoms with van der Waals surface area (Å²) < 4.78 is 18.7. The standard InChI is InChI=1S/C20H21FN2O/c1-24-15-4-2-3-13(9-15)7-8-22-20-11-17(20)18-12-23-19-6-5-14(21)10-16(18)19/h2-6,9-10,12,17,20,22-23H,7-8,11H2,1H3. The fourth-order valence-electron chi connectivity index (χ4n) is 3.42. The molecule has 1 aliphatic rings. The zero-order valence-electron chi connectivity index (χ0n) is 13.7. The second-order valence-electron chi connectivity index (χ2n) is 6.44. The largest absolute Gasteiger partial charge is 0.497 e. The Morgan fingerprint density at radius 2 is 2.17 bits per heavy atom. The molecule has 0 bridgehead atoms. The Bertz CT molecular complexity index is 858. The Hall–Kier alpha value is -2.33. The molecule has 1 saturated carbocycles. The van der Waals surface area contributed by atoms with E-state index in [-0.39, 0.29) is 5.82 Å². The van der Waals surface area contributed by atoms with Crippen LogP contribution in [0.5, 0.6) is 5.75 Å². The summed E-state index contributed by atoms with van der Waals surface area (Å²) in [5, 5.41) is 4.62. The summed E-state index contributed by atoms with van der Waals surface area (Å²) in [6.45, 7) is 0.936. The van der Waals surface area contributed by atoms with Gasteiger partial charge in [-0.1, -0.05) is 12.1 Å². The van der Waals surface area contributed by atoms with Crippen LogP contribution in [0.25, 0.3) is 10.9 Å². The van der Waals surface area contributed by atoms with Crippen molar-refractivity contribution >= 4 is 10.9 Å². The Morgan fingerprint density at radius 3 is 3.04 bits per heavy atom. The lowest BCUT2D eigenvalue weighted by atomic mass is 10.1. The summed E-state index contributed by atoms with van der Waals surface area (Å²) in [6.07, 6.45) is 4.11. The number of fused-ring (bicyclic) bond motifs is 1. The Kier molecular flexibility index (Phi) is 3.98. The third-order valence-electron chi connectivity index (χ3n) is 4.82. The molecule has 0 amide bonds. The van der Waals surface area contributed by atoms with Crippen LogP contribution in [-0.2, 0) is 6.42 Å². The number of hydrogen-bond donors (Lipinski definition) is 2. The number of nitrogens with one attached hydrogen (secondary N) is 2. The van der Waals surface area contributed by atoms with Crippen LogP contribution in [0.2, 0.25) is 0 Å². The SMILES string of the molecule is COc1cccc(CCNC2CC2c2c[nH]c3ccc(F)cc23)c1. The van der Waals surface area contributed by atoms with Crippen molar-refractivity contribution in [1.29, 1.82) is 0 Å².